The first-order valence-corrected chi connectivity index (χ1v) is 14.2. The average Bonchev–Trinajstić information content (AvgIpc) is 3.46. The molecule has 2 N–H and O–H groups in total. The molecule has 1 atom stereocenters. The number of rotatable bonds is 3. The largest absolute Gasteiger partial charge is 0.494 e. The molecule has 0 unspecified atom stereocenters. The van der Waals surface area contributed by atoms with Gasteiger partial charge in [-0.05, 0) is 43.0 Å². The van der Waals surface area contributed by atoms with Crippen LogP contribution in [0.1, 0.15) is 37.2 Å². The molecule has 5 rings (SSSR count). The Hall–Kier alpha value is -4.80. The van der Waals surface area contributed by atoms with Crippen molar-refractivity contribution in [1.82, 2.24) is 35.1 Å². The van der Waals surface area contributed by atoms with E-state index in [0.717, 1.165) is 11.4 Å². The zero-order valence-electron chi connectivity index (χ0n) is 23.8. The first kappa shape index (κ1) is 28.7. The molecule has 1 aliphatic heterocycles. The van der Waals surface area contributed by atoms with E-state index in [1.165, 1.54) is 11.1 Å². The number of benzene rings is 2. The summed E-state index contributed by atoms with van der Waals surface area (Å²) in [6.07, 6.45) is 5.94. The molecular formula is C31H35N7O4. The lowest BCUT2D eigenvalue weighted by atomic mass is 10.0. The number of hydrogen-bond donors (Lipinski definition) is 2. The second-order valence-corrected chi connectivity index (χ2v) is 10.7. The molecule has 2 aromatic heterocycles. The Labute approximate surface area is 244 Å². The fourth-order valence-corrected chi connectivity index (χ4v) is 4.93. The van der Waals surface area contributed by atoms with Crippen molar-refractivity contribution in [3.05, 3.63) is 72.8 Å². The Bertz CT molecular complexity index is 1570. The van der Waals surface area contributed by atoms with Gasteiger partial charge in [0.2, 0.25) is 11.8 Å². The second-order valence-electron chi connectivity index (χ2n) is 10.7. The summed E-state index contributed by atoms with van der Waals surface area (Å²) >= 11 is 0. The van der Waals surface area contributed by atoms with Gasteiger partial charge in [-0.15, -0.1) is 0 Å². The van der Waals surface area contributed by atoms with Crippen molar-refractivity contribution in [2.75, 3.05) is 26.2 Å². The Morgan fingerprint density at radius 2 is 1.90 bits per heavy atom. The third-order valence-electron chi connectivity index (χ3n) is 6.95. The second kappa shape index (κ2) is 13.2. The fourth-order valence-electron chi connectivity index (χ4n) is 4.93. The van der Waals surface area contributed by atoms with Crippen molar-refractivity contribution in [3.63, 3.8) is 0 Å². The predicted octanol–water partition coefficient (Wildman–Crippen LogP) is 3.07. The van der Waals surface area contributed by atoms with Gasteiger partial charge in [0, 0.05) is 37.6 Å². The van der Waals surface area contributed by atoms with Gasteiger partial charge < -0.3 is 24.8 Å². The fraction of sp³-hybridized carbons (Fsp3) is 0.355. The lowest BCUT2D eigenvalue weighted by Crippen LogP contribution is -2.51. The zero-order chi connectivity index (χ0) is 29.5. The van der Waals surface area contributed by atoms with Gasteiger partial charge in [-0.25, -0.2) is 9.97 Å². The molecule has 0 saturated carbocycles. The van der Waals surface area contributed by atoms with Gasteiger partial charge >= 0.3 is 0 Å². The molecule has 11 heteroatoms. The summed E-state index contributed by atoms with van der Waals surface area (Å²) < 4.78 is 7.99. The Kier molecular flexibility index (Phi) is 9.05. The summed E-state index contributed by atoms with van der Waals surface area (Å²) in [5.74, 6) is 0.476. The van der Waals surface area contributed by atoms with E-state index in [9.17, 15) is 14.4 Å². The minimum absolute atomic E-state index is 0.143. The lowest BCUT2D eigenvalue weighted by molar-refractivity contribution is -0.129. The Morgan fingerprint density at radius 1 is 1.07 bits per heavy atom. The number of ether oxygens (including phenoxy) is 1. The van der Waals surface area contributed by atoms with Gasteiger partial charge in [0.25, 0.3) is 5.91 Å². The molecule has 0 aliphatic carbocycles. The van der Waals surface area contributed by atoms with Crippen molar-refractivity contribution >= 4 is 28.8 Å². The maximum atomic E-state index is 13.6. The molecule has 0 radical (unpaired) electrons. The van der Waals surface area contributed by atoms with Crippen LogP contribution in [0.25, 0.3) is 22.4 Å². The number of para-hydroxylation sites is 2. The van der Waals surface area contributed by atoms with Crippen LogP contribution < -0.4 is 15.4 Å². The molecule has 0 spiro atoms. The number of hydrogen-bond acceptors (Lipinski definition) is 7. The number of fused-ring (bicyclic) bond motifs is 5. The van der Waals surface area contributed by atoms with Crippen molar-refractivity contribution in [1.29, 1.82) is 0 Å². The van der Waals surface area contributed by atoms with Crippen LogP contribution in [0.4, 0.5) is 0 Å². The van der Waals surface area contributed by atoms with E-state index < -0.39 is 17.9 Å². The highest BCUT2D eigenvalue weighted by molar-refractivity contribution is 5.96. The minimum atomic E-state index is -0.740. The molecule has 11 nitrogen and oxygen atoms in total. The quantitative estimate of drug-likeness (QED) is 0.388. The Morgan fingerprint density at radius 3 is 2.74 bits per heavy atom. The van der Waals surface area contributed by atoms with Crippen LogP contribution in [0.3, 0.4) is 0 Å². The lowest BCUT2D eigenvalue weighted by Gasteiger charge is -2.25. The summed E-state index contributed by atoms with van der Waals surface area (Å²) in [5, 5.41) is 5.81. The SMILES string of the molecule is CC(C)C[C@H]1NC(=O)CN(C(=O)c2cnc3ccccc3n2)CCCOc2cccc(c2)-c2nccn2CCNC1=O. The standard InChI is InChI=1S/C31H35N7O4/c1-21(2)17-26-30(40)33-12-15-37-14-11-32-29(37)22-7-5-8-23(18-22)42-16-6-13-38(20-28(39)36-26)31(41)27-19-34-24-9-3-4-10-25(24)35-27/h3-5,7-11,14,18-19,21,26H,6,12-13,15-17,20H2,1-2H3,(H,33,40)(H,36,39)/t26-/m1/s1. The van der Waals surface area contributed by atoms with Crippen LogP contribution in [0, 0.1) is 5.92 Å². The van der Waals surface area contributed by atoms with Gasteiger partial charge in [-0.1, -0.05) is 38.1 Å². The van der Waals surface area contributed by atoms with Gasteiger partial charge in [0.1, 0.15) is 23.3 Å². The van der Waals surface area contributed by atoms with Gasteiger partial charge in [0.15, 0.2) is 0 Å². The molecule has 1 aliphatic rings. The van der Waals surface area contributed by atoms with Crippen LogP contribution in [0.5, 0.6) is 5.75 Å². The summed E-state index contributed by atoms with van der Waals surface area (Å²) in [6.45, 7) is 5.17. The summed E-state index contributed by atoms with van der Waals surface area (Å²) in [7, 11) is 0. The van der Waals surface area contributed by atoms with Crippen molar-refractivity contribution < 1.29 is 19.1 Å². The Balaban J connectivity index is 1.40. The normalized spacial score (nSPS) is 17.0. The van der Waals surface area contributed by atoms with E-state index in [0.29, 0.717) is 49.3 Å². The molecule has 0 saturated heterocycles. The van der Waals surface area contributed by atoms with E-state index >= 15 is 0 Å². The third kappa shape index (κ3) is 7.09. The zero-order valence-corrected chi connectivity index (χ0v) is 23.8. The molecule has 3 heterocycles. The van der Waals surface area contributed by atoms with Crippen LogP contribution in [-0.2, 0) is 16.1 Å². The van der Waals surface area contributed by atoms with E-state index in [1.807, 2.05) is 67.1 Å². The van der Waals surface area contributed by atoms with Crippen LogP contribution in [0.2, 0.25) is 0 Å². The monoisotopic (exact) mass is 569 g/mol. The van der Waals surface area contributed by atoms with Gasteiger partial charge in [0.05, 0.1) is 30.4 Å². The number of nitrogens with zero attached hydrogens (tertiary/aromatic N) is 5. The molecule has 218 valence electrons. The van der Waals surface area contributed by atoms with E-state index in [4.69, 9.17) is 4.74 Å². The molecular weight excluding hydrogens is 534 g/mol. The number of amides is 3. The highest BCUT2D eigenvalue weighted by atomic mass is 16.5. The number of nitrogens with one attached hydrogen (secondary N) is 2. The summed E-state index contributed by atoms with van der Waals surface area (Å²) in [6, 6.07) is 14.2. The van der Waals surface area contributed by atoms with Crippen molar-refractivity contribution in [3.8, 4) is 17.1 Å². The topological polar surface area (TPSA) is 131 Å². The molecule has 4 aromatic rings. The first-order chi connectivity index (χ1) is 20.4. The average molecular weight is 570 g/mol. The molecule has 2 aromatic carbocycles. The summed E-state index contributed by atoms with van der Waals surface area (Å²) in [4.78, 5) is 54.8. The number of carbonyl (C=O) groups excluding carboxylic acids is 3. The van der Waals surface area contributed by atoms with E-state index in [-0.39, 0.29) is 30.6 Å². The minimum Gasteiger partial charge on any atom is -0.494 e. The molecule has 42 heavy (non-hydrogen) atoms. The van der Waals surface area contributed by atoms with Crippen LogP contribution in [0.15, 0.2) is 67.1 Å². The maximum Gasteiger partial charge on any atom is 0.274 e. The number of carbonyl (C=O) groups is 3. The highest BCUT2D eigenvalue weighted by Gasteiger charge is 2.26. The van der Waals surface area contributed by atoms with E-state index in [1.54, 1.807) is 12.3 Å². The van der Waals surface area contributed by atoms with E-state index in [2.05, 4.69) is 25.6 Å². The third-order valence-corrected chi connectivity index (χ3v) is 6.95. The maximum absolute atomic E-state index is 13.6. The molecule has 3 amide bonds. The molecule has 0 fully saturated rings. The first-order valence-electron chi connectivity index (χ1n) is 14.2. The number of aromatic nitrogens is 4. The highest BCUT2D eigenvalue weighted by Crippen LogP contribution is 2.23. The smallest absolute Gasteiger partial charge is 0.274 e. The van der Waals surface area contributed by atoms with Crippen LogP contribution >= 0.6 is 0 Å². The van der Waals surface area contributed by atoms with Crippen molar-refractivity contribution in [2.24, 2.45) is 5.92 Å². The summed E-state index contributed by atoms with van der Waals surface area (Å²) in [5.41, 5.74) is 2.30. The van der Waals surface area contributed by atoms with Gasteiger partial charge in [-0.3, -0.25) is 19.4 Å². The number of imidazole rings is 1. The predicted molar refractivity (Wildman–Crippen MR) is 158 cm³/mol. The van der Waals surface area contributed by atoms with Crippen LogP contribution in [-0.4, -0.2) is 74.4 Å². The van der Waals surface area contributed by atoms with Gasteiger partial charge in [-0.2, -0.15) is 0 Å². The molecule has 2 bridgehead atoms. The van der Waals surface area contributed by atoms with Crippen molar-refractivity contribution in [2.45, 2.75) is 39.3 Å².